The van der Waals surface area contributed by atoms with Crippen molar-refractivity contribution in [2.45, 2.75) is 13.0 Å². The minimum absolute atomic E-state index is 0.422. The maximum absolute atomic E-state index is 10.2. The average molecular weight is 413 g/mol. The van der Waals surface area contributed by atoms with Crippen LogP contribution in [-0.4, -0.2) is 30.0 Å². The van der Waals surface area contributed by atoms with E-state index in [2.05, 4.69) is 10.5 Å². The molecule has 1 unspecified atom stereocenters. The molecule has 4 rings (SSSR count). The SMILES string of the molecule is Cc1cc(-c2cc3cc(OCCNCC(O)c4cccc(Cl)c4)ccc3o2)no1. The molecule has 0 radical (unpaired) electrons. The highest BCUT2D eigenvalue weighted by molar-refractivity contribution is 6.30. The number of halogens is 1. The molecule has 2 heterocycles. The van der Waals surface area contributed by atoms with Crippen molar-refractivity contribution in [1.29, 1.82) is 0 Å². The van der Waals surface area contributed by atoms with Crippen LogP contribution in [-0.2, 0) is 0 Å². The van der Waals surface area contributed by atoms with E-state index in [-0.39, 0.29) is 0 Å². The van der Waals surface area contributed by atoms with Gasteiger partial charge in [0.05, 0.1) is 6.10 Å². The molecule has 0 saturated carbocycles. The number of benzene rings is 2. The summed E-state index contributed by atoms with van der Waals surface area (Å²) in [6.45, 7) is 3.34. The lowest BCUT2D eigenvalue weighted by atomic mass is 10.1. The number of ether oxygens (including phenoxy) is 1. The van der Waals surface area contributed by atoms with Crippen LogP contribution in [0.4, 0.5) is 0 Å². The topological polar surface area (TPSA) is 80.7 Å². The first kappa shape index (κ1) is 19.5. The zero-order valence-corrected chi connectivity index (χ0v) is 16.6. The van der Waals surface area contributed by atoms with Crippen LogP contribution in [0, 0.1) is 6.92 Å². The van der Waals surface area contributed by atoms with Gasteiger partial charge >= 0.3 is 0 Å². The molecule has 0 aliphatic rings. The molecule has 0 saturated heterocycles. The van der Waals surface area contributed by atoms with E-state index in [0.29, 0.717) is 36.2 Å². The van der Waals surface area contributed by atoms with E-state index in [1.807, 2.05) is 49.4 Å². The van der Waals surface area contributed by atoms with Gasteiger partial charge in [-0.15, -0.1) is 0 Å². The number of furan rings is 1. The van der Waals surface area contributed by atoms with Gasteiger partial charge in [-0.05, 0) is 48.9 Å². The molecule has 7 heteroatoms. The number of hydrogen-bond acceptors (Lipinski definition) is 6. The third-order valence-electron chi connectivity index (χ3n) is 4.49. The van der Waals surface area contributed by atoms with Gasteiger partial charge in [0.15, 0.2) is 5.76 Å². The molecule has 0 spiro atoms. The Morgan fingerprint density at radius 1 is 1.17 bits per heavy atom. The summed E-state index contributed by atoms with van der Waals surface area (Å²) in [6.07, 6.45) is -0.616. The molecule has 2 aromatic heterocycles. The Morgan fingerprint density at radius 3 is 2.86 bits per heavy atom. The Morgan fingerprint density at radius 2 is 2.07 bits per heavy atom. The minimum atomic E-state index is -0.616. The van der Waals surface area contributed by atoms with Crippen LogP contribution in [0.5, 0.6) is 5.75 Å². The molecule has 150 valence electrons. The Kier molecular flexibility index (Phi) is 5.85. The van der Waals surface area contributed by atoms with Gasteiger partial charge in [-0.25, -0.2) is 0 Å². The number of hydrogen-bond donors (Lipinski definition) is 2. The second-order valence-corrected chi connectivity index (χ2v) is 7.19. The van der Waals surface area contributed by atoms with Gasteiger partial charge in [-0.3, -0.25) is 0 Å². The molecule has 1 atom stereocenters. The van der Waals surface area contributed by atoms with Crippen molar-refractivity contribution in [1.82, 2.24) is 10.5 Å². The van der Waals surface area contributed by atoms with E-state index >= 15 is 0 Å². The maximum Gasteiger partial charge on any atom is 0.157 e. The quantitative estimate of drug-likeness (QED) is 0.406. The zero-order chi connectivity index (χ0) is 20.2. The van der Waals surface area contributed by atoms with Crippen molar-refractivity contribution in [3.63, 3.8) is 0 Å². The van der Waals surface area contributed by atoms with Crippen LogP contribution in [0.15, 0.2) is 63.5 Å². The summed E-state index contributed by atoms with van der Waals surface area (Å²) in [5.41, 5.74) is 2.22. The molecule has 2 aromatic carbocycles. The molecular weight excluding hydrogens is 392 g/mol. The molecule has 0 aliphatic carbocycles. The largest absolute Gasteiger partial charge is 0.492 e. The van der Waals surface area contributed by atoms with Gasteiger partial charge in [0.2, 0.25) is 0 Å². The third-order valence-corrected chi connectivity index (χ3v) is 4.72. The maximum atomic E-state index is 10.2. The third kappa shape index (κ3) is 4.79. The lowest BCUT2D eigenvalue weighted by Gasteiger charge is -2.13. The smallest absolute Gasteiger partial charge is 0.157 e. The molecule has 6 nitrogen and oxygen atoms in total. The van der Waals surface area contributed by atoms with Crippen LogP contribution in [0.1, 0.15) is 17.4 Å². The number of rotatable bonds is 8. The molecule has 0 bridgehead atoms. The van der Waals surface area contributed by atoms with Gasteiger partial charge < -0.3 is 24.1 Å². The second-order valence-electron chi connectivity index (χ2n) is 6.76. The number of nitrogens with one attached hydrogen (secondary N) is 1. The molecule has 4 aromatic rings. The number of aliphatic hydroxyl groups is 1. The fourth-order valence-corrected chi connectivity index (χ4v) is 3.23. The first-order valence-corrected chi connectivity index (χ1v) is 9.70. The number of aromatic nitrogens is 1. The van der Waals surface area contributed by atoms with Gasteiger partial charge in [0.25, 0.3) is 0 Å². The normalized spacial score (nSPS) is 12.4. The number of nitrogens with zero attached hydrogens (tertiary/aromatic N) is 1. The number of aryl methyl sites for hydroxylation is 1. The Bertz CT molecular complexity index is 1110. The summed E-state index contributed by atoms with van der Waals surface area (Å²) < 4.78 is 16.7. The predicted octanol–water partition coefficient (Wildman–Crippen LogP) is 4.75. The van der Waals surface area contributed by atoms with Crippen LogP contribution in [0.3, 0.4) is 0 Å². The fourth-order valence-electron chi connectivity index (χ4n) is 3.03. The summed E-state index contributed by atoms with van der Waals surface area (Å²) in [6, 6.07) is 16.6. The van der Waals surface area contributed by atoms with Crippen molar-refractivity contribution in [2.24, 2.45) is 0 Å². The summed E-state index contributed by atoms with van der Waals surface area (Å²) in [7, 11) is 0. The highest BCUT2D eigenvalue weighted by Gasteiger charge is 2.11. The van der Waals surface area contributed by atoms with Gasteiger partial charge in [0, 0.05) is 29.6 Å². The van der Waals surface area contributed by atoms with E-state index in [1.165, 1.54) is 0 Å². The molecule has 29 heavy (non-hydrogen) atoms. The summed E-state index contributed by atoms with van der Waals surface area (Å²) in [5.74, 6) is 2.14. The molecular formula is C22H21ClN2O4. The van der Waals surface area contributed by atoms with Gasteiger partial charge in [-0.2, -0.15) is 0 Å². The lowest BCUT2D eigenvalue weighted by molar-refractivity contribution is 0.172. The summed E-state index contributed by atoms with van der Waals surface area (Å²) in [5, 5.41) is 18.9. The Balaban J connectivity index is 1.28. The second kappa shape index (κ2) is 8.69. The van der Waals surface area contributed by atoms with E-state index in [9.17, 15) is 5.11 Å². The van der Waals surface area contributed by atoms with E-state index in [0.717, 1.165) is 28.0 Å². The number of fused-ring (bicyclic) bond motifs is 1. The standard InChI is InChI=1S/C22H21ClN2O4/c1-14-9-19(25-29-14)22-12-16-11-18(5-6-21(16)28-22)27-8-7-24-13-20(26)15-3-2-4-17(23)10-15/h2-6,9-12,20,24,26H,7-8,13H2,1H3. The van der Waals surface area contributed by atoms with Crippen molar-refractivity contribution >= 4 is 22.6 Å². The van der Waals surface area contributed by atoms with E-state index in [1.54, 1.807) is 12.1 Å². The summed E-state index contributed by atoms with van der Waals surface area (Å²) >= 11 is 5.95. The van der Waals surface area contributed by atoms with Gasteiger partial charge in [-0.1, -0.05) is 28.9 Å². The van der Waals surface area contributed by atoms with Crippen molar-refractivity contribution < 1.29 is 18.8 Å². The number of aliphatic hydroxyl groups excluding tert-OH is 1. The van der Waals surface area contributed by atoms with Crippen LogP contribution in [0.2, 0.25) is 5.02 Å². The fraction of sp³-hybridized carbons (Fsp3) is 0.227. The van der Waals surface area contributed by atoms with Gasteiger partial charge in [0.1, 0.15) is 29.4 Å². The van der Waals surface area contributed by atoms with Crippen molar-refractivity contribution in [2.75, 3.05) is 19.7 Å². The van der Waals surface area contributed by atoms with Crippen LogP contribution in [0.25, 0.3) is 22.4 Å². The van der Waals surface area contributed by atoms with Crippen molar-refractivity contribution in [3.05, 3.63) is 70.9 Å². The average Bonchev–Trinajstić information content (AvgIpc) is 3.33. The van der Waals surface area contributed by atoms with E-state index < -0.39 is 6.10 Å². The first-order chi connectivity index (χ1) is 14.1. The molecule has 2 N–H and O–H groups in total. The first-order valence-electron chi connectivity index (χ1n) is 9.33. The predicted molar refractivity (Wildman–Crippen MR) is 111 cm³/mol. The Labute approximate surface area is 173 Å². The summed E-state index contributed by atoms with van der Waals surface area (Å²) in [4.78, 5) is 0. The minimum Gasteiger partial charge on any atom is -0.492 e. The molecule has 0 amide bonds. The monoisotopic (exact) mass is 412 g/mol. The molecule has 0 fully saturated rings. The highest BCUT2D eigenvalue weighted by Crippen LogP contribution is 2.30. The van der Waals surface area contributed by atoms with Crippen LogP contribution < -0.4 is 10.1 Å². The lowest BCUT2D eigenvalue weighted by Crippen LogP contribution is -2.26. The van der Waals surface area contributed by atoms with Crippen LogP contribution >= 0.6 is 11.6 Å². The zero-order valence-electron chi connectivity index (χ0n) is 15.9. The van der Waals surface area contributed by atoms with E-state index in [4.69, 9.17) is 25.3 Å². The Hall–Kier alpha value is -2.80. The molecule has 0 aliphatic heterocycles. The highest BCUT2D eigenvalue weighted by atomic mass is 35.5. The van der Waals surface area contributed by atoms with Crippen molar-refractivity contribution in [3.8, 4) is 17.2 Å².